The molecule has 120 valence electrons. The van der Waals surface area contributed by atoms with Crippen LogP contribution in [0.5, 0.6) is 28.7 Å². The molecule has 0 bridgehead atoms. The number of phenolic OH excluding ortho intramolecular Hbond substituents is 2. The van der Waals surface area contributed by atoms with Crippen LogP contribution in [-0.2, 0) is 0 Å². The summed E-state index contributed by atoms with van der Waals surface area (Å²) in [5, 5.41) is 19.4. The highest BCUT2D eigenvalue weighted by Crippen LogP contribution is 2.42. The van der Waals surface area contributed by atoms with Gasteiger partial charge in [-0.15, -0.1) is 0 Å². The minimum atomic E-state index is -0.531. The molecule has 0 fully saturated rings. The fourth-order valence-corrected chi connectivity index (χ4v) is 2.66. The van der Waals surface area contributed by atoms with Gasteiger partial charge in [0.05, 0.1) is 20.6 Å². The van der Waals surface area contributed by atoms with Crippen molar-refractivity contribution in [2.75, 3.05) is 14.2 Å². The molecule has 0 unspecified atom stereocenters. The number of fused-ring (bicyclic) bond motifs is 1. The number of rotatable bonds is 3. The molecule has 0 aromatic heterocycles. The molecular formula is C17H16O6. The zero-order chi connectivity index (χ0) is 16.6. The van der Waals surface area contributed by atoms with Crippen LogP contribution in [0.15, 0.2) is 30.3 Å². The van der Waals surface area contributed by atoms with Crippen LogP contribution in [0.4, 0.5) is 0 Å². The first-order valence-electron chi connectivity index (χ1n) is 7.01. The Bertz CT molecular complexity index is 768. The van der Waals surface area contributed by atoms with Crippen molar-refractivity contribution in [3.63, 3.8) is 0 Å². The second-order valence-corrected chi connectivity index (χ2v) is 5.19. The van der Waals surface area contributed by atoms with Crippen LogP contribution >= 0.6 is 0 Å². The number of Topliss-reactive ketones (excluding diaryl/α,β-unsaturated/α-hetero) is 1. The topological polar surface area (TPSA) is 85.2 Å². The van der Waals surface area contributed by atoms with Gasteiger partial charge in [-0.25, -0.2) is 0 Å². The van der Waals surface area contributed by atoms with E-state index in [1.165, 1.54) is 13.2 Å². The van der Waals surface area contributed by atoms with Gasteiger partial charge >= 0.3 is 0 Å². The molecule has 6 nitrogen and oxygen atoms in total. The van der Waals surface area contributed by atoms with Gasteiger partial charge in [-0.1, -0.05) is 6.07 Å². The van der Waals surface area contributed by atoms with Crippen LogP contribution in [0.25, 0.3) is 0 Å². The molecule has 1 aliphatic heterocycles. The van der Waals surface area contributed by atoms with Gasteiger partial charge in [-0.05, 0) is 17.7 Å². The molecule has 2 N–H and O–H groups in total. The van der Waals surface area contributed by atoms with Crippen molar-refractivity contribution < 1.29 is 29.2 Å². The Balaban J connectivity index is 1.99. The molecule has 2 aromatic carbocycles. The van der Waals surface area contributed by atoms with E-state index in [2.05, 4.69) is 0 Å². The molecule has 6 heteroatoms. The molecule has 2 aromatic rings. The Morgan fingerprint density at radius 2 is 1.83 bits per heavy atom. The monoisotopic (exact) mass is 316 g/mol. The highest BCUT2D eigenvalue weighted by molar-refractivity contribution is 6.02. The van der Waals surface area contributed by atoms with E-state index in [-0.39, 0.29) is 35.0 Å². The fourth-order valence-electron chi connectivity index (χ4n) is 2.66. The molecule has 0 amide bonds. The minimum absolute atomic E-state index is 0.0841. The molecule has 1 aliphatic rings. The second kappa shape index (κ2) is 5.72. The highest BCUT2D eigenvalue weighted by atomic mass is 16.5. The van der Waals surface area contributed by atoms with Gasteiger partial charge in [0.1, 0.15) is 28.9 Å². The SMILES string of the molecule is COc1ccc([C@H]2CC(=O)c3c(O)cc(O)cc3O2)cc1OC. The summed E-state index contributed by atoms with van der Waals surface area (Å²) in [6, 6.07) is 7.70. The highest BCUT2D eigenvalue weighted by Gasteiger charge is 2.31. The van der Waals surface area contributed by atoms with Crippen LogP contribution in [0, 0.1) is 0 Å². The number of hydrogen-bond donors (Lipinski definition) is 2. The Labute approximate surface area is 132 Å². The third kappa shape index (κ3) is 2.63. The molecular weight excluding hydrogens is 300 g/mol. The number of phenols is 2. The summed E-state index contributed by atoms with van der Waals surface area (Å²) in [5.41, 5.74) is 0.837. The third-order valence-corrected chi connectivity index (χ3v) is 3.76. The fraction of sp³-hybridized carbons (Fsp3) is 0.235. The first-order valence-corrected chi connectivity index (χ1v) is 7.01. The van der Waals surface area contributed by atoms with Gasteiger partial charge in [-0.3, -0.25) is 4.79 Å². The van der Waals surface area contributed by atoms with Crippen LogP contribution in [0.1, 0.15) is 28.4 Å². The van der Waals surface area contributed by atoms with E-state index < -0.39 is 6.10 Å². The maximum Gasteiger partial charge on any atom is 0.174 e. The molecule has 23 heavy (non-hydrogen) atoms. The zero-order valence-corrected chi connectivity index (χ0v) is 12.7. The van der Waals surface area contributed by atoms with Crippen molar-refractivity contribution in [3.8, 4) is 28.7 Å². The second-order valence-electron chi connectivity index (χ2n) is 5.19. The molecule has 3 rings (SSSR count). The normalized spacial score (nSPS) is 16.4. The van der Waals surface area contributed by atoms with Crippen molar-refractivity contribution in [2.45, 2.75) is 12.5 Å². The number of benzene rings is 2. The molecule has 0 radical (unpaired) electrons. The van der Waals surface area contributed by atoms with Gasteiger partial charge in [0.15, 0.2) is 17.3 Å². The lowest BCUT2D eigenvalue weighted by atomic mass is 9.95. The van der Waals surface area contributed by atoms with Crippen LogP contribution in [0.3, 0.4) is 0 Å². The maximum atomic E-state index is 12.3. The number of hydrogen-bond acceptors (Lipinski definition) is 6. The van der Waals surface area contributed by atoms with E-state index in [9.17, 15) is 15.0 Å². The van der Waals surface area contributed by atoms with E-state index in [0.29, 0.717) is 11.5 Å². The quantitative estimate of drug-likeness (QED) is 0.905. The van der Waals surface area contributed by atoms with Crippen molar-refractivity contribution in [1.29, 1.82) is 0 Å². The number of methoxy groups -OCH3 is 2. The smallest absolute Gasteiger partial charge is 0.174 e. The summed E-state index contributed by atoms with van der Waals surface area (Å²) in [4.78, 5) is 12.3. The lowest BCUT2D eigenvalue weighted by molar-refractivity contribution is 0.0844. The van der Waals surface area contributed by atoms with Crippen LogP contribution in [-0.4, -0.2) is 30.2 Å². The predicted octanol–water partition coefficient (Wildman–Crippen LogP) is 2.82. The standard InChI is InChI=1S/C17H16O6/c1-21-13-4-3-9(5-15(13)22-2)14-8-12(20)17-11(19)6-10(18)7-16(17)23-14/h3-7,14,18-19H,8H2,1-2H3/t14-/m1/s1. The summed E-state index contributed by atoms with van der Waals surface area (Å²) in [6.45, 7) is 0. The largest absolute Gasteiger partial charge is 0.508 e. The molecule has 1 atom stereocenters. The summed E-state index contributed by atoms with van der Waals surface area (Å²) >= 11 is 0. The molecule has 1 heterocycles. The Morgan fingerprint density at radius 1 is 1.09 bits per heavy atom. The average Bonchev–Trinajstić information content (AvgIpc) is 2.52. The van der Waals surface area contributed by atoms with Gasteiger partial charge in [-0.2, -0.15) is 0 Å². The van der Waals surface area contributed by atoms with E-state index in [1.54, 1.807) is 25.3 Å². The van der Waals surface area contributed by atoms with E-state index >= 15 is 0 Å². The van der Waals surface area contributed by atoms with Gasteiger partial charge < -0.3 is 24.4 Å². The lowest BCUT2D eigenvalue weighted by Gasteiger charge is -2.26. The van der Waals surface area contributed by atoms with Crippen molar-refractivity contribution >= 4 is 5.78 Å². The summed E-state index contributed by atoms with van der Waals surface area (Å²) < 4.78 is 16.2. The number of carbonyl (C=O) groups excluding carboxylic acids is 1. The van der Waals surface area contributed by atoms with Gasteiger partial charge in [0.2, 0.25) is 0 Å². The van der Waals surface area contributed by atoms with Gasteiger partial charge in [0, 0.05) is 12.1 Å². The van der Waals surface area contributed by atoms with Crippen LogP contribution in [0.2, 0.25) is 0 Å². The lowest BCUT2D eigenvalue weighted by Crippen LogP contribution is -2.20. The molecule has 0 saturated heterocycles. The Kier molecular flexibility index (Phi) is 3.73. The summed E-state index contributed by atoms with van der Waals surface area (Å²) in [5.74, 6) is 0.583. The number of ketones is 1. The number of ether oxygens (including phenoxy) is 3. The van der Waals surface area contributed by atoms with Crippen molar-refractivity contribution in [2.24, 2.45) is 0 Å². The number of carbonyl (C=O) groups is 1. The Hall–Kier alpha value is -2.89. The third-order valence-electron chi connectivity index (χ3n) is 3.76. The molecule has 0 aliphatic carbocycles. The summed E-state index contributed by atoms with van der Waals surface area (Å²) in [7, 11) is 3.07. The summed E-state index contributed by atoms with van der Waals surface area (Å²) in [6.07, 6.45) is -0.447. The first kappa shape index (κ1) is 15.0. The molecule has 0 spiro atoms. The average molecular weight is 316 g/mol. The van der Waals surface area contributed by atoms with Crippen LogP contribution < -0.4 is 14.2 Å². The Morgan fingerprint density at radius 3 is 2.52 bits per heavy atom. The van der Waals surface area contributed by atoms with E-state index in [4.69, 9.17) is 14.2 Å². The predicted molar refractivity (Wildman–Crippen MR) is 81.6 cm³/mol. The van der Waals surface area contributed by atoms with E-state index in [1.807, 2.05) is 0 Å². The minimum Gasteiger partial charge on any atom is -0.508 e. The number of aromatic hydroxyl groups is 2. The zero-order valence-electron chi connectivity index (χ0n) is 12.7. The first-order chi connectivity index (χ1) is 11.0. The molecule has 0 saturated carbocycles. The van der Waals surface area contributed by atoms with Crippen molar-refractivity contribution in [3.05, 3.63) is 41.5 Å². The maximum absolute atomic E-state index is 12.3. The van der Waals surface area contributed by atoms with Gasteiger partial charge in [0.25, 0.3) is 0 Å². The van der Waals surface area contributed by atoms with E-state index in [0.717, 1.165) is 11.6 Å². The van der Waals surface area contributed by atoms with Crippen molar-refractivity contribution in [1.82, 2.24) is 0 Å².